The monoisotopic (exact) mass is 503 g/mol. The Balaban J connectivity index is 1.36. The number of urea groups is 1. The number of hydrogen-bond donors (Lipinski definition) is 2. The molecule has 3 aliphatic rings. The van der Waals surface area contributed by atoms with E-state index in [0.29, 0.717) is 38.4 Å². The third-order valence-electron chi connectivity index (χ3n) is 6.89. The van der Waals surface area contributed by atoms with E-state index in [9.17, 15) is 32.3 Å². The van der Waals surface area contributed by atoms with Crippen LogP contribution in [0.3, 0.4) is 0 Å². The first kappa shape index (κ1) is 25.6. The van der Waals surface area contributed by atoms with Gasteiger partial charge in [0, 0.05) is 24.7 Å². The lowest BCUT2D eigenvalue weighted by Crippen LogP contribution is -2.64. The Labute approximate surface area is 200 Å². The summed E-state index contributed by atoms with van der Waals surface area (Å²) in [5, 5.41) is 12.9. The molecule has 0 bridgehead atoms. The van der Waals surface area contributed by atoms with Gasteiger partial charge >= 0.3 is 12.2 Å². The third kappa shape index (κ3) is 5.70. The summed E-state index contributed by atoms with van der Waals surface area (Å²) >= 11 is 0. The number of nitrogens with one attached hydrogen (secondary N) is 1. The van der Waals surface area contributed by atoms with E-state index in [4.69, 9.17) is 9.47 Å². The summed E-state index contributed by atoms with van der Waals surface area (Å²) in [4.78, 5) is 28.3. The fraction of sp³-hybridized carbons (Fsp3) is 0.652. The Morgan fingerprint density at radius 1 is 1.31 bits per heavy atom. The quantitative estimate of drug-likeness (QED) is 0.616. The number of nitrogens with zero attached hydrogens (tertiary/aromatic N) is 2. The number of aliphatic hydroxyl groups excluding tert-OH is 1. The molecule has 194 valence electrons. The van der Waals surface area contributed by atoms with E-state index in [2.05, 4.69) is 5.32 Å². The number of aliphatic hydroxyl groups is 1. The molecule has 2 N–H and O–H groups in total. The SMILES string of the molecule is C[C@H]1C[C@@H](OCc2ccc(C(F)(F)F)cc2F)C[C@@H](CO)N1C(=O)N1CC[C@@H]2OCC(=O)N[C@@H]2C1. The molecule has 1 aromatic rings. The van der Waals surface area contributed by atoms with Crippen LogP contribution >= 0.6 is 0 Å². The number of fused-ring (bicyclic) bond motifs is 1. The normalized spacial score (nSPS) is 29.5. The first-order valence-electron chi connectivity index (χ1n) is 11.6. The number of ether oxygens (including phenoxy) is 2. The second kappa shape index (κ2) is 10.3. The molecule has 0 aliphatic carbocycles. The van der Waals surface area contributed by atoms with Gasteiger partial charge in [-0.05, 0) is 38.3 Å². The molecule has 3 saturated heterocycles. The van der Waals surface area contributed by atoms with Gasteiger partial charge in [-0.3, -0.25) is 4.79 Å². The minimum absolute atomic E-state index is 0.00401. The Bertz CT molecular complexity index is 946. The van der Waals surface area contributed by atoms with E-state index in [0.717, 1.165) is 12.1 Å². The number of halogens is 4. The van der Waals surface area contributed by atoms with Crippen molar-refractivity contribution in [2.24, 2.45) is 0 Å². The first-order valence-corrected chi connectivity index (χ1v) is 11.6. The summed E-state index contributed by atoms with van der Waals surface area (Å²) in [6.07, 6.45) is -3.86. The van der Waals surface area contributed by atoms with Gasteiger partial charge in [-0.15, -0.1) is 0 Å². The molecule has 3 aliphatic heterocycles. The van der Waals surface area contributed by atoms with Crippen LogP contribution < -0.4 is 5.32 Å². The Kier molecular flexibility index (Phi) is 7.53. The summed E-state index contributed by atoms with van der Waals surface area (Å²) in [7, 11) is 0. The molecule has 3 fully saturated rings. The molecule has 1 aromatic carbocycles. The smallest absolute Gasteiger partial charge is 0.394 e. The zero-order chi connectivity index (χ0) is 25.3. The number of carbonyl (C=O) groups is 2. The molecule has 0 spiro atoms. The molecule has 0 aromatic heterocycles. The van der Waals surface area contributed by atoms with Crippen molar-refractivity contribution in [3.8, 4) is 0 Å². The van der Waals surface area contributed by atoms with Gasteiger partial charge in [-0.25, -0.2) is 9.18 Å². The number of alkyl halides is 3. The molecule has 12 heteroatoms. The highest BCUT2D eigenvalue weighted by atomic mass is 19.4. The average Bonchev–Trinajstić information content (AvgIpc) is 2.81. The summed E-state index contributed by atoms with van der Waals surface area (Å²) < 4.78 is 63.7. The Morgan fingerprint density at radius 3 is 2.77 bits per heavy atom. The zero-order valence-corrected chi connectivity index (χ0v) is 19.3. The van der Waals surface area contributed by atoms with Gasteiger partial charge in [0.05, 0.1) is 43.1 Å². The molecule has 4 rings (SSSR count). The van der Waals surface area contributed by atoms with Gasteiger partial charge in [0.15, 0.2) is 0 Å². The van der Waals surface area contributed by atoms with E-state index in [1.165, 1.54) is 0 Å². The number of benzene rings is 1. The molecule has 8 nitrogen and oxygen atoms in total. The number of piperidine rings is 2. The van der Waals surface area contributed by atoms with E-state index in [1.807, 2.05) is 6.92 Å². The summed E-state index contributed by atoms with van der Waals surface area (Å²) in [5.74, 6) is -1.22. The highest BCUT2D eigenvalue weighted by Crippen LogP contribution is 2.32. The number of amides is 3. The number of likely N-dealkylation sites (tertiary alicyclic amines) is 2. The van der Waals surface area contributed by atoms with Crippen molar-refractivity contribution < 1.29 is 41.7 Å². The number of morpholine rings is 1. The second-order valence-corrected chi connectivity index (χ2v) is 9.34. The van der Waals surface area contributed by atoms with Gasteiger partial charge in [0.2, 0.25) is 5.91 Å². The van der Waals surface area contributed by atoms with Gasteiger partial charge in [-0.2, -0.15) is 13.2 Å². The van der Waals surface area contributed by atoms with E-state index >= 15 is 0 Å². The van der Waals surface area contributed by atoms with Crippen molar-refractivity contribution >= 4 is 11.9 Å². The van der Waals surface area contributed by atoms with E-state index < -0.39 is 29.7 Å². The number of hydrogen-bond acceptors (Lipinski definition) is 5. The molecule has 3 amide bonds. The summed E-state index contributed by atoms with van der Waals surface area (Å²) in [5.41, 5.74) is -1.06. The minimum Gasteiger partial charge on any atom is -0.394 e. The van der Waals surface area contributed by atoms with Crippen LogP contribution in [0.15, 0.2) is 18.2 Å². The fourth-order valence-electron chi connectivity index (χ4n) is 5.10. The highest BCUT2D eigenvalue weighted by molar-refractivity contribution is 5.79. The predicted octanol–water partition coefficient (Wildman–Crippen LogP) is 2.28. The van der Waals surface area contributed by atoms with Crippen molar-refractivity contribution in [1.29, 1.82) is 0 Å². The van der Waals surface area contributed by atoms with Crippen LogP contribution in [0, 0.1) is 5.82 Å². The predicted molar refractivity (Wildman–Crippen MR) is 115 cm³/mol. The molecular formula is C23H29F4N3O5. The van der Waals surface area contributed by atoms with Gasteiger partial charge < -0.3 is 29.7 Å². The lowest BCUT2D eigenvalue weighted by Gasteiger charge is -2.47. The van der Waals surface area contributed by atoms with Crippen LogP contribution in [0.4, 0.5) is 22.4 Å². The van der Waals surface area contributed by atoms with Gasteiger partial charge in [0.25, 0.3) is 0 Å². The van der Waals surface area contributed by atoms with Crippen LogP contribution in [-0.2, 0) is 27.1 Å². The number of carbonyl (C=O) groups excluding carboxylic acids is 2. The summed E-state index contributed by atoms with van der Waals surface area (Å²) in [6.45, 7) is 2.09. The van der Waals surface area contributed by atoms with Crippen LogP contribution in [-0.4, -0.2) is 83.5 Å². The molecule has 0 unspecified atom stereocenters. The maximum Gasteiger partial charge on any atom is 0.416 e. The van der Waals surface area contributed by atoms with Crippen molar-refractivity contribution in [3.05, 3.63) is 35.1 Å². The van der Waals surface area contributed by atoms with Crippen molar-refractivity contribution in [2.45, 2.75) is 69.3 Å². The molecule has 0 saturated carbocycles. The van der Waals surface area contributed by atoms with Crippen molar-refractivity contribution in [1.82, 2.24) is 15.1 Å². The maximum absolute atomic E-state index is 14.2. The standard InChI is InChI=1S/C23H29F4N3O5/c1-13-6-17(34-11-14-2-3-15(7-18(14)24)23(25,26)27)8-16(10-31)30(13)22(33)29-5-4-20-19(9-29)28-21(32)12-35-20/h2-3,7,13,16-17,19-20,31H,4-6,8-12H2,1H3,(H,28,32)/t13-,16-,17+,19+,20-/m0/s1. The second-order valence-electron chi connectivity index (χ2n) is 9.34. The average molecular weight is 503 g/mol. The lowest BCUT2D eigenvalue weighted by atomic mass is 9.93. The zero-order valence-electron chi connectivity index (χ0n) is 19.3. The lowest BCUT2D eigenvalue weighted by molar-refractivity contribution is -0.140. The number of rotatable bonds is 4. The van der Waals surface area contributed by atoms with Crippen LogP contribution in [0.1, 0.15) is 37.3 Å². The van der Waals surface area contributed by atoms with Crippen molar-refractivity contribution in [3.63, 3.8) is 0 Å². The largest absolute Gasteiger partial charge is 0.416 e. The summed E-state index contributed by atoms with van der Waals surface area (Å²) in [6, 6.07) is 0.946. The van der Waals surface area contributed by atoms with Crippen LogP contribution in [0.2, 0.25) is 0 Å². The Morgan fingerprint density at radius 2 is 2.09 bits per heavy atom. The fourth-order valence-corrected chi connectivity index (χ4v) is 5.10. The van der Waals surface area contributed by atoms with Crippen molar-refractivity contribution in [2.75, 3.05) is 26.3 Å². The molecule has 0 radical (unpaired) electrons. The van der Waals surface area contributed by atoms with Crippen LogP contribution in [0.25, 0.3) is 0 Å². The minimum atomic E-state index is -4.63. The maximum atomic E-state index is 14.2. The molecular weight excluding hydrogens is 474 g/mol. The third-order valence-corrected chi connectivity index (χ3v) is 6.89. The van der Waals surface area contributed by atoms with E-state index in [1.54, 1.807) is 9.80 Å². The van der Waals surface area contributed by atoms with Crippen LogP contribution in [0.5, 0.6) is 0 Å². The molecule has 3 heterocycles. The van der Waals surface area contributed by atoms with Gasteiger partial charge in [-0.1, -0.05) is 6.07 Å². The van der Waals surface area contributed by atoms with E-state index in [-0.39, 0.29) is 55.5 Å². The topological polar surface area (TPSA) is 91.3 Å². The molecule has 5 atom stereocenters. The van der Waals surface area contributed by atoms with Gasteiger partial charge in [0.1, 0.15) is 12.4 Å². The molecule has 35 heavy (non-hydrogen) atoms. The highest BCUT2D eigenvalue weighted by Gasteiger charge is 2.42. The Hall–Kier alpha value is -2.44. The first-order chi connectivity index (χ1) is 16.6.